The van der Waals surface area contributed by atoms with Crippen molar-refractivity contribution in [1.29, 1.82) is 0 Å². The first-order valence-electron chi connectivity index (χ1n) is 9.57. The van der Waals surface area contributed by atoms with Crippen LogP contribution in [0.5, 0.6) is 0 Å². The van der Waals surface area contributed by atoms with E-state index in [0.29, 0.717) is 5.69 Å². The van der Waals surface area contributed by atoms with Crippen LogP contribution in [0.25, 0.3) is 0 Å². The Morgan fingerprint density at radius 1 is 0.889 bits per heavy atom. The smallest absolute Gasteiger partial charge is 0.274 e. The van der Waals surface area contributed by atoms with Gasteiger partial charge in [-0.3, -0.25) is 4.79 Å². The normalized spacial score (nSPS) is 17.9. The van der Waals surface area contributed by atoms with Crippen LogP contribution in [0, 0.1) is 0 Å². The topological polar surface area (TPSA) is 52.6 Å². The first-order chi connectivity index (χ1) is 13.2. The van der Waals surface area contributed by atoms with Crippen LogP contribution < -0.4 is 9.80 Å². The maximum atomic E-state index is 12.5. The second-order valence-electron chi connectivity index (χ2n) is 7.07. The molecule has 1 aromatic heterocycles. The van der Waals surface area contributed by atoms with Crippen molar-refractivity contribution in [3.8, 4) is 0 Å². The number of halogens is 1. The highest BCUT2D eigenvalue weighted by Crippen LogP contribution is 2.22. The highest BCUT2D eigenvalue weighted by molar-refractivity contribution is 6.30. The van der Waals surface area contributed by atoms with Crippen molar-refractivity contribution in [2.24, 2.45) is 0 Å². The van der Waals surface area contributed by atoms with Crippen molar-refractivity contribution in [3.05, 3.63) is 47.4 Å². The lowest BCUT2D eigenvalue weighted by Crippen LogP contribution is -2.47. The molecule has 4 rings (SSSR count). The summed E-state index contributed by atoms with van der Waals surface area (Å²) in [5, 5.41) is 0.759. The van der Waals surface area contributed by atoms with Gasteiger partial charge < -0.3 is 14.7 Å². The highest BCUT2D eigenvalue weighted by atomic mass is 35.5. The molecular weight excluding hydrogens is 362 g/mol. The summed E-state index contributed by atoms with van der Waals surface area (Å²) in [5.41, 5.74) is 1.59. The molecular formula is C20H24ClN5O. The lowest BCUT2D eigenvalue weighted by molar-refractivity contribution is 0.0718. The first-order valence-corrected chi connectivity index (χ1v) is 9.95. The summed E-state index contributed by atoms with van der Waals surface area (Å²) in [7, 11) is 0. The number of rotatable bonds is 3. The van der Waals surface area contributed by atoms with Crippen LogP contribution in [0.2, 0.25) is 5.02 Å². The van der Waals surface area contributed by atoms with Crippen molar-refractivity contribution < 1.29 is 4.79 Å². The van der Waals surface area contributed by atoms with Crippen LogP contribution in [0.15, 0.2) is 36.7 Å². The zero-order valence-electron chi connectivity index (χ0n) is 15.4. The minimum atomic E-state index is -0.000439. The molecule has 0 N–H and O–H groups in total. The van der Waals surface area contributed by atoms with Gasteiger partial charge in [0, 0.05) is 50.0 Å². The Balaban J connectivity index is 1.36. The third-order valence-corrected chi connectivity index (χ3v) is 5.51. The Kier molecular flexibility index (Phi) is 5.43. The predicted octanol–water partition coefficient (Wildman–Crippen LogP) is 3.08. The van der Waals surface area contributed by atoms with Gasteiger partial charge in [-0.2, -0.15) is 0 Å². The molecule has 2 aliphatic heterocycles. The van der Waals surface area contributed by atoms with Crippen LogP contribution in [0.1, 0.15) is 29.8 Å². The Hall–Kier alpha value is -2.34. The van der Waals surface area contributed by atoms with E-state index in [2.05, 4.69) is 25.8 Å². The van der Waals surface area contributed by atoms with E-state index in [1.807, 2.05) is 23.1 Å². The number of likely N-dealkylation sites (tertiary alicyclic amines) is 1. The van der Waals surface area contributed by atoms with Gasteiger partial charge in [0.05, 0.1) is 12.4 Å². The zero-order valence-corrected chi connectivity index (χ0v) is 16.1. The van der Waals surface area contributed by atoms with E-state index in [4.69, 9.17) is 11.6 Å². The van der Waals surface area contributed by atoms with Gasteiger partial charge in [-0.05, 0) is 37.5 Å². The van der Waals surface area contributed by atoms with E-state index in [1.165, 1.54) is 6.42 Å². The third kappa shape index (κ3) is 4.16. The minimum absolute atomic E-state index is 0.000439. The molecule has 7 heteroatoms. The lowest BCUT2D eigenvalue weighted by atomic mass is 10.1. The molecule has 0 saturated carbocycles. The van der Waals surface area contributed by atoms with Crippen LogP contribution in [0.3, 0.4) is 0 Å². The number of carbonyl (C=O) groups excluding carboxylic acids is 1. The number of aromatic nitrogens is 2. The molecule has 3 heterocycles. The summed E-state index contributed by atoms with van der Waals surface area (Å²) in [6.45, 7) is 5.18. The highest BCUT2D eigenvalue weighted by Gasteiger charge is 2.22. The van der Waals surface area contributed by atoms with Crippen molar-refractivity contribution in [2.45, 2.75) is 19.3 Å². The molecule has 2 aliphatic rings. The molecule has 142 valence electrons. The average molecular weight is 386 g/mol. The van der Waals surface area contributed by atoms with Crippen LogP contribution >= 0.6 is 11.6 Å². The first kappa shape index (κ1) is 18.0. The fourth-order valence-corrected chi connectivity index (χ4v) is 3.91. The van der Waals surface area contributed by atoms with E-state index in [1.54, 1.807) is 12.4 Å². The molecule has 1 aromatic carbocycles. The maximum Gasteiger partial charge on any atom is 0.274 e. The molecule has 6 nitrogen and oxygen atoms in total. The zero-order chi connectivity index (χ0) is 18.6. The summed E-state index contributed by atoms with van der Waals surface area (Å²) in [6.07, 6.45) is 6.71. The average Bonchev–Trinajstić information content (AvgIpc) is 2.74. The SMILES string of the molecule is O=C(c1cnc(N2CCN(c3cccc(Cl)c3)CC2)cn1)N1CCCCC1. The number of benzene rings is 1. The second-order valence-corrected chi connectivity index (χ2v) is 7.50. The number of piperazine rings is 1. The summed E-state index contributed by atoms with van der Waals surface area (Å²) in [4.78, 5) is 27.8. The second kappa shape index (κ2) is 8.13. The maximum absolute atomic E-state index is 12.5. The third-order valence-electron chi connectivity index (χ3n) is 5.28. The molecule has 27 heavy (non-hydrogen) atoms. The molecule has 2 aromatic rings. The summed E-state index contributed by atoms with van der Waals surface area (Å²) >= 11 is 6.10. The Bertz CT molecular complexity index is 783. The van der Waals surface area contributed by atoms with Crippen LogP contribution in [0.4, 0.5) is 11.5 Å². The fourth-order valence-electron chi connectivity index (χ4n) is 3.72. The standard InChI is InChI=1S/C20H24ClN5O/c21-16-5-4-6-17(13-16)24-9-11-25(12-10-24)19-15-22-18(14-23-19)20(27)26-7-2-1-3-8-26/h4-6,13-15H,1-3,7-12H2. The molecule has 0 radical (unpaired) electrons. The van der Waals surface area contributed by atoms with Crippen molar-refractivity contribution in [3.63, 3.8) is 0 Å². The van der Waals surface area contributed by atoms with E-state index >= 15 is 0 Å². The molecule has 0 bridgehead atoms. The largest absolute Gasteiger partial charge is 0.368 e. The summed E-state index contributed by atoms with van der Waals surface area (Å²) in [5.74, 6) is 0.829. The number of nitrogens with zero attached hydrogens (tertiary/aromatic N) is 5. The lowest BCUT2D eigenvalue weighted by Gasteiger charge is -2.36. The van der Waals surface area contributed by atoms with Gasteiger partial charge in [0.2, 0.25) is 0 Å². The van der Waals surface area contributed by atoms with Gasteiger partial charge in [0.25, 0.3) is 5.91 Å². The van der Waals surface area contributed by atoms with Crippen molar-refractivity contribution in [2.75, 3.05) is 49.1 Å². The molecule has 0 spiro atoms. The summed E-state index contributed by atoms with van der Waals surface area (Å²) in [6, 6.07) is 7.96. The van der Waals surface area contributed by atoms with Gasteiger partial charge in [-0.15, -0.1) is 0 Å². The Labute approximate surface area is 164 Å². The van der Waals surface area contributed by atoms with E-state index in [0.717, 1.165) is 68.6 Å². The van der Waals surface area contributed by atoms with Crippen LogP contribution in [-0.4, -0.2) is 60.0 Å². The monoisotopic (exact) mass is 385 g/mol. The van der Waals surface area contributed by atoms with Gasteiger partial charge >= 0.3 is 0 Å². The van der Waals surface area contributed by atoms with Crippen molar-refractivity contribution in [1.82, 2.24) is 14.9 Å². The van der Waals surface area contributed by atoms with E-state index < -0.39 is 0 Å². The van der Waals surface area contributed by atoms with Crippen LogP contribution in [-0.2, 0) is 0 Å². The van der Waals surface area contributed by atoms with Gasteiger partial charge in [0.1, 0.15) is 11.5 Å². The van der Waals surface area contributed by atoms with Gasteiger partial charge in [-0.25, -0.2) is 9.97 Å². The molecule has 2 fully saturated rings. The number of carbonyl (C=O) groups is 1. The number of piperidine rings is 1. The minimum Gasteiger partial charge on any atom is -0.368 e. The quantitative estimate of drug-likeness (QED) is 0.812. The van der Waals surface area contributed by atoms with Gasteiger partial charge in [0.15, 0.2) is 0 Å². The molecule has 2 saturated heterocycles. The van der Waals surface area contributed by atoms with E-state index in [-0.39, 0.29) is 5.91 Å². The van der Waals surface area contributed by atoms with Gasteiger partial charge in [-0.1, -0.05) is 17.7 Å². The number of hydrogen-bond donors (Lipinski definition) is 0. The van der Waals surface area contributed by atoms with E-state index in [9.17, 15) is 4.79 Å². The number of amides is 1. The molecule has 0 atom stereocenters. The fraction of sp³-hybridized carbons (Fsp3) is 0.450. The predicted molar refractivity (Wildman–Crippen MR) is 108 cm³/mol. The Morgan fingerprint density at radius 3 is 2.30 bits per heavy atom. The number of anilines is 2. The number of hydrogen-bond acceptors (Lipinski definition) is 5. The molecule has 0 aliphatic carbocycles. The van der Waals surface area contributed by atoms with Crippen molar-refractivity contribution >= 4 is 29.0 Å². The Morgan fingerprint density at radius 2 is 1.63 bits per heavy atom. The molecule has 0 unspecified atom stereocenters. The molecule has 1 amide bonds. The summed E-state index contributed by atoms with van der Waals surface area (Å²) < 4.78 is 0.